The van der Waals surface area contributed by atoms with Gasteiger partial charge in [-0.3, -0.25) is 4.98 Å². The summed E-state index contributed by atoms with van der Waals surface area (Å²) < 4.78 is 0. The van der Waals surface area contributed by atoms with Gasteiger partial charge in [0.1, 0.15) is 0 Å². The molecule has 0 atom stereocenters. The van der Waals surface area contributed by atoms with E-state index in [4.69, 9.17) is 34.8 Å². The molecule has 0 fully saturated rings. The maximum Gasteiger partial charge on any atom is 0.0918 e. The summed E-state index contributed by atoms with van der Waals surface area (Å²) >= 11 is 18.1. The molecule has 14 heavy (non-hydrogen) atoms. The lowest BCUT2D eigenvalue weighted by molar-refractivity contribution is 1.39. The Kier molecular flexibility index (Phi) is 2.56. The third-order valence-corrected chi connectivity index (χ3v) is 3.33. The molecule has 0 unspecified atom stereocenters. The number of nitrogens with zero attached hydrogens (tertiary/aromatic N) is 1. The van der Waals surface area contributed by atoms with Crippen molar-refractivity contribution in [3.63, 3.8) is 0 Å². The average Bonchev–Trinajstić information content (AvgIpc) is 2.17. The van der Waals surface area contributed by atoms with E-state index in [0.29, 0.717) is 20.6 Å². The Morgan fingerprint density at radius 3 is 2.57 bits per heavy atom. The second-order valence-corrected chi connectivity index (χ2v) is 4.17. The molecular weight excluding hydrogens is 240 g/mol. The van der Waals surface area contributed by atoms with Crippen LogP contribution >= 0.6 is 34.8 Å². The van der Waals surface area contributed by atoms with Gasteiger partial charge in [-0.2, -0.15) is 0 Å². The van der Waals surface area contributed by atoms with Crippen molar-refractivity contribution < 1.29 is 0 Å². The van der Waals surface area contributed by atoms with Crippen LogP contribution in [0.15, 0.2) is 18.3 Å². The maximum absolute atomic E-state index is 6.05. The molecule has 0 saturated heterocycles. The van der Waals surface area contributed by atoms with Crippen LogP contribution < -0.4 is 0 Å². The van der Waals surface area contributed by atoms with Gasteiger partial charge in [-0.05, 0) is 24.6 Å². The van der Waals surface area contributed by atoms with E-state index in [-0.39, 0.29) is 0 Å². The zero-order chi connectivity index (χ0) is 10.3. The van der Waals surface area contributed by atoms with Crippen molar-refractivity contribution in [1.82, 2.24) is 4.98 Å². The second kappa shape index (κ2) is 3.58. The summed E-state index contributed by atoms with van der Waals surface area (Å²) in [6.45, 7) is 1.89. The molecule has 2 rings (SSSR count). The first-order valence-electron chi connectivity index (χ1n) is 4.00. The Morgan fingerprint density at radius 2 is 1.86 bits per heavy atom. The Morgan fingerprint density at radius 1 is 1.14 bits per heavy atom. The van der Waals surface area contributed by atoms with E-state index in [1.54, 1.807) is 12.3 Å². The Labute approximate surface area is 96.6 Å². The van der Waals surface area contributed by atoms with Gasteiger partial charge in [0.2, 0.25) is 0 Å². The van der Waals surface area contributed by atoms with Crippen LogP contribution in [-0.4, -0.2) is 4.98 Å². The molecule has 1 nitrogen and oxygen atoms in total. The molecule has 4 heteroatoms. The minimum absolute atomic E-state index is 0.462. The Bertz CT molecular complexity index is 508. The largest absolute Gasteiger partial charge is 0.255 e. The van der Waals surface area contributed by atoms with Crippen LogP contribution in [0.25, 0.3) is 10.9 Å². The topological polar surface area (TPSA) is 12.9 Å². The summed E-state index contributed by atoms with van der Waals surface area (Å²) in [5.41, 5.74) is 1.55. The summed E-state index contributed by atoms with van der Waals surface area (Å²) in [4.78, 5) is 4.14. The number of aryl methyl sites for hydroxylation is 1. The predicted octanol–water partition coefficient (Wildman–Crippen LogP) is 4.50. The Hall–Kier alpha value is -0.500. The molecular formula is C10H6Cl3N. The molecule has 0 radical (unpaired) electrons. The molecule has 0 aliphatic rings. The monoisotopic (exact) mass is 245 g/mol. The van der Waals surface area contributed by atoms with Gasteiger partial charge in [-0.15, -0.1) is 0 Å². The van der Waals surface area contributed by atoms with Gasteiger partial charge in [0.05, 0.1) is 20.6 Å². The van der Waals surface area contributed by atoms with Crippen LogP contribution in [0.5, 0.6) is 0 Å². The fourth-order valence-electron chi connectivity index (χ4n) is 1.32. The van der Waals surface area contributed by atoms with Crippen molar-refractivity contribution in [2.24, 2.45) is 0 Å². The molecule has 0 aliphatic carbocycles. The lowest BCUT2D eigenvalue weighted by atomic mass is 10.1. The summed E-state index contributed by atoms with van der Waals surface area (Å²) in [5, 5.41) is 2.47. The lowest BCUT2D eigenvalue weighted by Crippen LogP contribution is -1.85. The highest BCUT2D eigenvalue weighted by Crippen LogP contribution is 2.35. The minimum atomic E-state index is 0.462. The number of aromatic nitrogens is 1. The number of benzene rings is 1. The number of halogens is 3. The molecule has 2 aromatic rings. The van der Waals surface area contributed by atoms with Crippen molar-refractivity contribution in [2.75, 3.05) is 0 Å². The summed E-state index contributed by atoms with van der Waals surface area (Å²) in [5.74, 6) is 0. The summed E-state index contributed by atoms with van der Waals surface area (Å²) in [6, 6.07) is 3.62. The van der Waals surface area contributed by atoms with Crippen LogP contribution in [0.4, 0.5) is 0 Å². The number of hydrogen-bond acceptors (Lipinski definition) is 1. The van der Waals surface area contributed by atoms with Gasteiger partial charge in [0, 0.05) is 11.6 Å². The number of hydrogen-bond donors (Lipinski definition) is 0. The predicted molar refractivity (Wildman–Crippen MR) is 61.5 cm³/mol. The van der Waals surface area contributed by atoms with E-state index in [1.165, 1.54) is 0 Å². The second-order valence-electron chi connectivity index (χ2n) is 3.01. The molecule has 0 saturated carbocycles. The van der Waals surface area contributed by atoms with E-state index in [2.05, 4.69) is 4.98 Å². The van der Waals surface area contributed by atoms with Gasteiger partial charge in [-0.1, -0.05) is 34.8 Å². The van der Waals surface area contributed by atoms with Gasteiger partial charge in [0.15, 0.2) is 0 Å². The molecule has 0 bridgehead atoms. The van der Waals surface area contributed by atoms with E-state index in [1.807, 2.05) is 13.0 Å². The highest BCUT2D eigenvalue weighted by molar-refractivity contribution is 6.46. The molecule has 1 aromatic carbocycles. The smallest absolute Gasteiger partial charge is 0.0918 e. The lowest BCUT2D eigenvalue weighted by Gasteiger charge is -2.06. The third-order valence-electron chi connectivity index (χ3n) is 2.04. The number of fused-ring (bicyclic) bond motifs is 1. The minimum Gasteiger partial charge on any atom is -0.255 e. The van der Waals surface area contributed by atoms with Crippen LogP contribution in [0, 0.1) is 6.92 Å². The van der Waals surface area contributed by atoms with E-state index in [0.717, 1.165) is 10.9 Å². The third kappa shape index (κ3) is 1.46. The van der Waals surface area contributed by atoms with Crippen molar-refractivity contribution in [1.29, 1.82) is 0 Å². The molecule has 72 valence electrons. The van der Waals surface area contributed by atoms with Gasteiger partial charge < -0.3 is 0 Å². The SMILES string of the molecule is Cc1cc2c(Cl)ccnc2c(Cl)c1Cl. The average molecular weight is 247 g/mol. The molecule has 0 aliphatic heterocycles. The van der Waals surface area contributed by atoms with E-state index >= 15 is 0 Å². The summed E-state index contributed by atoms with van der Waals surface area (Å²) in [7, 11) is 0. The standard InChI is InChI=1S/C10H6Cl3N/c1-5-4-6-7(11)2-3-14-10(6)9(13)8(5)12/h2-4H,1H3. The highest BCUT2D eigenvalue weighted by Gasteiger charge is 2.10. The zero-order valence-electron chi connectivity index (χ0n) is 7.31. The van der Waals surface area contributed by atoms with Crippen molar-refractivity contribution in [3.8, 4) is 0 Å². The van der Waals surface area contributed by atoms with Gasteiger partial charge in [-0.25, -0.2) is 0 Å². The highest BCUT2D eigenvalue weighted by atomic mass is 35.5. The first-order valence-corrected chi connectivity index (χ1v) is 5.13. The zero-order valence-corrected chi connectivity index (χ0v) is 9.58. The van der Waals surface area contributed by atoms with Crippen LogP contribution in [0.2, 0.25) is 15.1 Å². The maximum atomic E-state index is 6.05. The fraction of sp³-hybridized carbons (Fsp3) is 0.100. The van der Waals surface area contributed by atoms with Crippen molar-refractivity contribution in [2.45, 2.75) is 6.92 Å². The van der Waals surface area contributed by atoms with E-state index in [9.17, 15) is 0 Å². The molecule has 1 heterocycles. The van der Waals surface area contributed by atoms with Crippen LogP contribution in [0.1, 0.15) is 5.56 Å². The molecule has 0 amide bonds. The van der Waals surface area contributed by atoms with Gasteiger partial charge >= 0.3 is 0 Å². The van der Waals surface area contributed by atoms with Gasteiger partial charge in [0.25, 0.3) is 0 Å². The number of pyridine rings is 1. The quantitative estimate of drug-likeness (QED) is 0.667. The van der Waals surface area contributed by atoms with Crippen molar-refractivity contribution in [3.05, 3.63) is 39.0 Å². The fourth-order valence-corrected chi connectivity index (χ4v) is 1.96. The van der Waals surface area contributed by atoms with E-state index < -0.39 is 0 Å². The Balaban J connectivity index is 2.98. The van der Waals surface area contributed by atoms with Crippen molar-refractivity contribution >= 4 is 45.7 Å². The first kappa shape index (κ1) is 10.0. The normalized spacial score (nSPS) is 10.9. The molecule has 0 N–H and O–H groups in total. The van der Waals surface area contributed by atoms with Crippen LogP contribution in [0.3, 0.4) is 0 Å². The molecule has 0 spiro atoms. The summed E-state index contributed by atoms with van der Waals surface area (Å²) in [6.07, 6.45) is 1.61. The number of rotatable bonds is 0. The molecule has 1 aromatic heterocycles. The van der Waals surface area contributed by atoms with Crippen LogP contribution in [-0.2, 0) is 0 Å². The first-order chi connectivity index (χ1) is 6.61.